The molecule has 0 radical (unpaired) electrons. The van der Waals surface area contributed by atoms with Gasteiger partial charge in [-0.05, 0) is 19.3 Å². The van der Waals surface area contributed by atoms with E-state index in [2.05, 4.69) is 18.6 Å². The summed E-state index contributed by atoms with van der Waals surface area (Å²) in [6, 6.07) is 2.04. The molecule has 0 saturated carbocycles. The first-order valence-electron chi connectivity index (χ1n) is 8.43. The van der Waals surface area contributed by atoms with Gasteiger partial charge in [0.1, 0.15) is 0 Å². The van der Waals surface area contributed by atoms with E-state index in [0.717, 1.165) is 38.5 Å². The lowest BCUT2D eigenvalue weighted by Gasteiger charge is -2.18. The predicted molar refractivity (Wildman–Crippen MR) is 88.5 cm³/mol. The van der Waals surface area contributed by atoms with Gasteiger partial charge in [-0.3, -0.25) is 0 Å². The van der Waals surface area contributed by atoms with E-state index in [4.69, 9.17) is 5.26 Å². The highest BCUT2D eigenvalue weighted by Crippen LogP contribution is 2.17. The third-order valence-corrected chi connectivity index (χ3v) is 5.67. The summed E-state index contributed by atoms with van der Waals surface area (Å²) in [6.45, 7) is 4.65. The molecule has 0 heterocycles. The monoisotopic (exact) mass is 316 g/mol. The molecule has 0 amide bonds. The molecule has 0 rings (SSSR count). The molecule has 0 saturated heterocycles. The summed E-state index contributed by atoms with van der Waals surface area (Å²) in [6.07, 6.45) is 10.2. The third kappa shape index (κ3) is 10.7. The van der Waals surface area contributed by atoms with Gasteiger partial charge in [0.25, 0.3) is 0 Å². The van der Waals surface area contributed by atoms with E-state index in [1.54, 1.807) is 0 Å². The van der Waals surface area contributed by atoms with Crippen molar-refractivity contribution in [1.82, 2.24) is 4.72 Å². The Hall–Kier alpha value is -0.600. The van der Waals surface area contributed by atoms with Gasteiger partial charge in [0, 0.05) is 13.0 Å². The average Bonchev–Trinajstić information content (AvgIpc) is 2.46. The summed E-state index contributed by atoms with van der Waals surface area (Å²) in [7, 11) is -3.23. The highest BCUT2D eigenvalue weighted by Gasteiger charge is 2.23. The van der Waals surface area contributed by atoms with E-state index >= 15 is 0 Å². The zero-order chi connectivity index (χ0) is 16.0. The fourth-order valence-electron chi connectivity index (χ4n) is 2.36. The van der Waals surface area contributed by atoms with Crippen molar-refractivity contribution in [3.05, 3.63) is 0 Å². The first-order chi connectivity index (χ1) is 10.1. The van der Waals surface area contributed by atoms with Crippen LogP contribution in [-0.4, -0.2) is 20.2 Å². The van der Waals surface area contributed by atoms with Gasteiger partial charge < -0.3 is 0 Å². The molecule has 0 fully saturated rings. The number of nitriles is 1. The van der Waals surface area contributed by atoms with E-state index in [-0.39, 0.29) is 5.25 Å². The average molecular weight is 317 g/mol. The smallest absolute Gasteiger partial charge is 0.214 e. The van der Waals surface area contributed by atoms with Crippen molar-refractivity contribution in [2.24, 2.45) is 0 Å². The maximum Gasteiger partial charge on any atom is 0.214 e. The second kappa shape index (κ2) is 13.1. The Labute approximate surface area is 131 Å². The Morgan fingerprint density at radius 2 is 1.57 bits per heavy atom. The molecule has 0 aromatic rings. The zero-order valence-corrected chi connectivity index (χ0v) is 14.6. The number of sulfonamides is 1. The molecule has 0 aromatic carbocycles. The molecule has 0 aliphatic heterocycles. The van der Waals surface area contributed by atoms with Crippen LogP contribution in [0.3, 0.4) is 0 Å². The normalized spacial score (nSPS) is 13.0. The fraction of sp³-hybridized carbons (Fsp3) is 0.938. The van der Waals surface area contributed by atoms with Crippen LogP contribution in [-0.2, 0) is 10.0 Å². The van der Waals surface area contributed by atoms with E-state index in [1.807, 2.05) is 6.07 Å². The summed E-state index contributed by atoms with van der Waals surface area (Å²) in [5.74, 6) is 0. The van der Waals surface area contributed by atoms with Crippen molar-refractivity contribution in [3.8, 4) is 6.07 Å². The number of rotatable bonds is 14. The molecule has 4 nitrogen and oxygen atoms in total. The highest BCUT2D eigenvalue weighted by atomic mass is 32.2. The van der Waals surface area contributed by atoms with Gasteiger partial charge in [-0.1, -0.05) is 58.8 Å². The van der Waals surface area contributed by atoms with Crippen LogP contribution in [0.4, 0.5) is 0 Å². The Balaban J connectivity index is 4.25. The van der Waals surface area contributed by atoms with Crippen LogP contribution >= 0.6 is 0 Å². The lowest BCUT2D eigenvalue weighted by molar-refractivity contribution is 0.517. The van der Waals surface area contributed by atoms with E-state index < -0.39 is 10.0 Å². The van der Waals surface area contributed by atoms with E-state index in [9.17, 15) is 8.42 Å². The van der Waals surface area contributed by atoms with Crippen LogP contribution in [0.5, 0.6) is 0 Å². The third-order valence-electron chi connectivity index (χ3n) is 3.72. The maximum absolute atomic E-state index is 12.3. The van der Waals surface area contributed by atoms with Crippen LogP contribution in [0.25, 0.3) is 0 Å². The Kier molecular flexibility index (Phi) is 12.7. The van der Waals surface area contributed by atoms with Crippen LogP contribution in [0.1, 0.15) is 84.5 Å². The number of hydrogen-bond donors (Lipinski definition) is 1. The lowest BCUT2D eigenvalue weighted by Crippen LogP contribution is -2.35. The second-order valence-electron chi connectivity index (χ2n) is 5.67. The van der Waals surface area contributed by atoms with Crippen molar-refractivity contribution in [2.75, 3.05) is 6.54 Å². The summed E-state index contributed by atoms with van der Waals surface area (Å²) in [4.78, 5) is 0. The SMILES string of the molecule is CCCCCCCC(CCCC)S(=O)(=O)NCCCC#N. The predicted octanol–water partition coefficient (Wildman–Crippen LogP) is 4.13. The van der Waals surface area contributed by atoms with Gasteiger partial charge in [-0.15, -0.1) is 0 Å². The van der Waals surface area contributed by atoms with Crippen molar-refractivity contribution in [2.45, 2.75) is 89.7 Å². The Morgan fingerprint density at radius 3 is 2.19 bits per heavy atom. The molecule has 0 aliphatic rings. The van der Waals surface area contributed by atoms with Crippen molar-refractivity contribution in [1.29, 1.82) is 5.26 Å². The quantitative estimate of drug-likeness (QED) is 0.490. The molecule has 0 aromatic heterocycles. The molecule has 1 unspecified atom stereocenters. The van der Waals surface area contributed by atoms with Gasteiger partial charge in [0.05, 0.1) is 11.3 Å². The molecular formula is C16H32N2O2S. The number of nitrogens with zero attached hydrogens (tertiary/aromatic N) is 1. The van der Waals surface area contributed by atoms with E-state index in [1.165, 1.54) is 19.3 Å². The highest BCUT2D eigenvalue weighted by molar-refractivity contribution is 7.90. The number of nitrogens with one attached hydrogen (secondary N) is 1. The molecule has 124 valence electrons. The minimum atomic E-state index is -3.23. The minimum Gasteiger partial charge on any atom is -0.215 e. The molecular weight excluding hydrogens is 284 g/mol. The summed E-state index contributed by atoms with van der Waals surface area (Å²) in [5.41, 5.74) is 0. The Morgan fingerprint density at radius 1 is 0.952 bits per heavy atom. The van der Waals surface area contributed by atoms with Crippen LogP contribution in [0, 0.1) is 11.3 Å². The molecule has 0 bridgehead atoms. The first-order valence-corrected chi connectivity index (χ1v) is 9.98. The summed E-state index contributed by atoms with van der Waals surface area (Å²) < 4.78 is 27.3. The molecule has 1 atom stereocenters. The van der Waals surface area contributed by atoms with Crippen molar-refractivity contribution < 1.29 is 8.42 Å². The Bertz CT molecular complexity index is 374. The number of unbranched alkanes of at least 4 members (excludes halogenated alkanes) is 6. The first kappa shape index (κ1) is 20.4. The van der Waals surface area contributed by atoms with Gasteiger partial charge in [-0.25, -0.2) is 13.1 Å². The molecule has 0 spiro atoms. The largest absolute Gasteiger partial charge is 0.215 e. The van der Waals surface area contributed by atoms with Gasteiger partial charge in [0.2, 0.25) is 10.0 Å². The zero-order valence-electron chi connectivity index (χ0n) is 13.7. The fourth-order valence-corrected chi connectivity index (χ4v) is 3.98. The van der Waals surface area contributed by atoms with E-state index in [0.29, 0.717) is 19.4 Å². The second-order valence-corrected chi connectivity index (χ2v) is 7.71. The molecule has 5 heteroatoms. The molecule has 1 N–H and O–H groups in total. The topological polar surface area (TPSA) is 70.0 Å². The number of hydrogen-bond acceptors (Lipinski definition) is 3. The summed E-state index contributed by atoms with van der Waals surface area (Å²) >= 11 is 0. The standard InChI is InChI=1S/C16H32N2O2S/c1-3-5-7-8-9-13-16(12-6-4-2)21(19,20)18-15-11-10-14-17/h16,18H,3-13,15H2,1-2H3. The van der Waals surface area contributed by atoms with Gasteiger partial charge in [0.15, 0.2) is 0 Å². The maximum atomic E-state index is 12.3. The van der Waals surface area contributed by atoms with Crippen molar-refractivity contribution in [3.63, 3.8) is 0 Å². The van der Waals surface area contributed by atoms with Gasteiger partial charge in [-0.2, -0.15) is 5.26 Å². The summed E-state index contributed by atoms with van der Waals surface area (Å²) in [5, 5.41) is 8.22. The minimum absolute atomic E-state index is 0.263. The van der Waals surface area contributed by atoms with Gasteiger partial charge >= 0.3 is 0 Å². The molecule has 0 aliphatic carbocycles. The van der Waals surface area contributed by atoms with Crippen molar-refractivity contribution >= 4 is 10.0 Å². The molecule has 21 heavy (non-hydrogen) atoms. The van der Waals surface area contributed by atoms with Crippen LogP contribution in [0.2, 0.25) is 0 Å². The lowest BCUT2D eigenvalue weighted by atomic mass is 10.1. The van der Waals surface area contributed by atoms with Crippen LogP contribution < -0.4 is 4.72 Å². The van der Waals surface area contributed by atoms with Crippen LogP contribution in [0.15, 0.2) is 0 Å².